The molecule has 0 atom stereocenters. The standard InChI is InChI=1S/C10H14Cl2O4/c1-3-15-9(13)7(2)5-4-6-16-10(14)8(11)12/h5,8H,3-4,6H2,1-2H3. The maximum Gasteiger partial charge on any atom is 0.339 e. The van der Waals surface area contributed by atoms with Crippen LogP contribution in [0, 0.1) is 0 Å². The fourth-order valence-electron chi connectivity index (χ4n) is 0.826. The van der Waals surface area contributed by atoms with Gasteiger partial charge in [-0.15, -0.1) is 0 Å². The first kappa shape index (κ1) is 15.3. The van der Waals surface area contributed by atoms with Crippen LogP contribution in [0.15, 0.2) is 11.6 Å². The summed E-state index contributed by atoms with van der Waals surface area (Å²) in [6.45, 7) is 3.82. The smallest absolute Gasteiger partial charge is 0.339 e. The Labute approximate surface area is 104 Å². The van der Waals surface area contributed by atoms with Crippen molar-refractivity contribution < 1.29 is 19.1 Å². The van der Waals surface area contributed by atoms with Crippen molar-refractivity contribution in [2.75, 3.05) is 13.2 Å². The molecule has 0 aliphatic heterocycles. The van der Waals surface area contributed by atoms with Crippen molar-refractivity contribution in [1.29, 1.82) is 0 Å². The lowest BCUT2D eigenvalue weighted by Crippen LogP contribution is -2.13. The molecule has 0 amide bonds. The number of alkyl halides is 2. The van der Waals surface area contributed by atoms with Crippen LogP contribution in [0.2, 0.25) is 0 Å². The number of ether oxygens (including phenoxy) is 2. The van der Waals surface area contributed by atoms with E-state index in [0.29, 0.717) is 18.6 Å². The van der Waals surface area contributed by atoms with Gasteiger partial charge in [-0.05, 0) is 13.8 Å². The average molecular weight is 269 g/mol. The first-order valence-corrected chi connectivity index (χ1v) is 5.65. The Morgan fingerprint density at radius 1 is 1.31 bits per heavy atom. The van der Waals surface area contributed by atoms with Gasteiger partial charge in [0.1, 0.15) is 0 Å². The number of rotatable bonds is 6. The van der Waals surface area contributed by atoms with Crippen LogP contribution in [0.4, 0.5) is 0 Å². The van der Waals surface area contributed by atoms with E-state index in [9.17, 15) is 9.59 Å². The molecule has 0 saturated carbocycles. The molecule has 0 rings (SSSR count). The van der Waals surface area contributed by atoms with E-state index < -0.39 is 10.8 Å². The highest BCUT2D eigenvalue weighted by Gasteiger charge is 2.12. The summed E-state index contributed by atoms with van der Waals surface area (Å²) in [5.74, 6) is -1.06. The van der Waals surface area contributed by atoms with Gasteiger partial charge in [-0.2, -0.15) is 0 Å². The minimum Gasteiger partial charge on any atom is -0.463 e. The van der Waals surface area contributed by atoms with Crippen LogP contribution in [-0.4, -0.2) is 30.0 Å². The second-order valence-corrected chi connectivity index (χ2v) is 3.96. The summed E-state index contributed by atoms with van der Waals surface area (Å²) in [6, 6.07) is 0. The Bertz CT molecular complexity index is 274. The Kier molecular flexibility index (Phi) is 8.03. The lowest BCUT2D eigenvalue weighted by molar-refractivity contribution is -0.141. The molecule has 0 radical (unpaired) electrons. The summed E-state index contributed by atoms with van der Waals surface area (Å²) in [4.78, 5) is 20.8. The van der Waals surface area contributed by atoms with E-state index >= 15 is 0 Å². The SMILES string of the molecule is CCOC(=O)C(C)=CCCOC(=O)C(Cl)Cl. The highest BCUT2D eigenvalue weighted by atomic mass is 35.5. The Morgan fingerprint density at radius 3 is 2.44 bits per heavy atom. The molecule has 0 spiro atoms. The van der Waals surface area contributed by atoms with Crippen molar-refractivity contribution in [2.45, 2.75) is 25.1 Å². The minimum atomic E-state index is -1.17. The van der Waals surface area contributed by atoms with Crippen LogP contribution in [0.25, 0.3) is 0 Å². The van der Waals surface area contributed by atoms with Crippen LogP contribution < -0.4 is 0 Å². The third-order valence-corrected chi connectivity index (χ3v) is 1.94. The first-order valence-electron chi connectivity index (χ1n) is 4.77. The summed E-state index contributed by atoms with van der Waals surface area (Å²) in [5.41, 5.74) is 0.478. The van der Waals surface area contributed by atoms with Crippen molar-refractivity contribution in [3.8, 4) is 0 Å². The molecule has 0 fully saturated rings. The number of carbonyl (C=O) groups excluding carboxylic acids is 2. The maximum atomic E-state index is 11.1. The monoisotopic (exact) mass is 268 g/mol. The zero-order valence-corrected chi connectivity index (χ0v) is 10.7. The molecule has 92 valence electrons. The van der Waals surface area contributed by atoms with E-state index in [1.807, 2.05) is 0 Å². The molecule has 0 bridgehead atoms. The second kappa shape index (κ2) is 8.42. The van der Waals surface area contributed by atoms with Crippen LogP contribution >= 0.6 is 23.2 Å². The molecule has 0 aromatic rings. The largest absolute Gasteiger partial charge is 0.463 e. The van der Waals surface area contributed by atoms with Gasteiger partial charge >= 0.3 is 11.9 Å². The van der Waals surface area contributed by atoms with Gasteiger partial charge in [0.15, 0.2) is 0 Å². The first-order chi connectivity index (χ1) is 7.49. The van der Waals surface area contributed by atoms with Crippen molar-refractivity contribution in [3.63, 3.8) is 0 Å². The predicted molar refractivity (Wildman–Crippen MR) is 61.5 cm³/mol. The number of esters is 2. The normalized spacial score (nSPS) is 11.4. The topological polar surface area (TPSA) is 52.6 Å². The summed E-state index contributed by atoms with van der Waals surface area (Å²) in [5, 5.41) is 0. The number of halogens is 2. The molecule has 0 aromatic carbocycles. The Morgan fingerprint density at radius 2 is 1.94 bits per heavy atom. The highest BCUT2D eigenvalue weighted by Crippen LogP contribution is 2.05. The van der Waals surface area contributed by atoms with Crippen LogP contribution in [0.5, 0.6) is 0 Å². The molecule has 0 saturated heterocycles. The summed E-state index contributed by atoms with van der Waals surface area (Å²) in [7, 11) is 0. The molecule has 0 N–H and O–H groups in total. The summed E-state index contributed by atoms with van der Waals surface area (Å²) in [6.07, 6.45) is 2.04. The fourth-order valence-corrected chi connectivity index (χ4v) is 0.952. The zero-order chi connectivity index (χ0) is 12.6. The van der Waals surface area contributed by atoms with Crippen LogP contribution in [0.3, 0.4) is 0 Å². The summed E-state index contributed by atoms with van der Waals surface area (Å²) >= 11 is 10.5. The quantitative estimate of drug-likeness (QED) is 0.321. The van der Waals surface area contributed by atoms with Gasteiger partial charge in [0.25, 0.3) is 0 Å². The lowest BCUT2D eigenvalue weighted by atomic mass is 10.2. The van der Waals surface area contributed by atoms with E-state index in [4.69, 9.17) is 32.7 Å². The lowest BCUT2D eigenvalue weighted by Gasteiger charge is -2.04. The van der Waals surface area contributed by atoms with Gasteiger partial charge in [-0.3, -0.25) is 0 Å². The maximum absolute atomic E-state index is 11.1. The van der Waals surface area contributed by atoms with Crippen molar-refractivity contribution in [3.05, 3.63) is 11.6 Å². The Hall–Kier alpha value is -0.740. The molecule has 0 heterocycles. The van der Waals surface area contributed by atoms with Crippen molar-refractivity contribution in [1.82, 2.24) is 0 Å². The molecular formula is C10H14Cl2O4. The fraction of sp³-hybridized carbons (Fsp3) is 0.600. The summed E-state index contributed by atoms with van der Waals surface area (Å²) < 4.78 is 9.46. The third-order valence-electron chi connectivity index (χ3n) is 1.59. The van der Waals surface area contributed by atoms with E-state index in [-0.39, 0.29) is 12.6 Å². The van der Waals surface area contributed by atoms with Crippen LogP contribution in [0.1, 0.15) is 20.3 Å². The molecule has 0 aliphatic rings. The minimum absolute atomic E-state index is 0.130. The molecule has 6 heteroatoms. The van der Waals surface area contributed by atoms with Crippen LogP contribution in [-0.2, 0) is 19.1 Å². The Balaban J connectivity index is 3.83. The molecule has 0 aliphatic carbocycles. The molecule has 0 aromatic heterocycles. The van der Waals surface area contributed by atoms with Crippen molar-refractivity contribution in [2.24, 2.45) is 0 Å². The molecular weight excluding hydrogens is 255 g/mol. The van der Waals surface area contributed by atoms with Gasteiger partial charge in [-0.25, -0.2) is 9.59 Å². The van der Waals surface area contributed by atoms with Gasteiger partial charge in [0.05, 0.1) is 13.2 Å². The number of carbonyl (C=O) groups is 2. The van der Waals surface area contributed by atoms with E-state index in [2.05, 4.69) is 0 Å². The molecule has 0 unspecified atom stereocenters. The second-order valence-electron chi connectivity index (χ2n) is 2.86. The van der Waals surface area contributed by atoms with Gasteiger partial charge in [0, 0.05) is 12.0 Å². The predicted octanol–water partition coefficient (Wildman–Crippen LogP) is 2.23. The van der Waals surface area contributed by atoms with Gasteiger partial charge in [-0.1, -0.05) is 29.3 Å². The van der Waals surface area contributed by atoms with Gasteiger partial charge in [0.2, 0.25) is 4.84 Å². The van der Waals surface area contributed by atoms with E-state index in [0.717, 1.165) is 0 Å². The van der Waals surface area contributed by atoms with Crippen molar-refractivity contribution >= 4 is 35.1 Å². The average Bonchev–Trinajstić information content (AvgIpc) is 2.23. The van der Waals surface area contributed by atoms with E-state index in [1.165, 1.54) is 0 Å². The molecule has 16 heavy (non-hydrogen) atoms. The van der Waals surface area contributed by atoms with E-state index in [1.54, 1.807) is 19.9 Å². The number of hydrogen-bond acceptors (Lipinski definition) is 4. The molecule has 4 nitrogen and oxygen atoms in total. The highest BCUT2D eigenvalue weighted by molar-refractivity contribution is 6.52. The number of hydrogen-bond donors (Lipinski definition) is 0. The zero-order valence-electron chi connectivity index (χ0n) is 9.16. The van der Waals surface area contributed by atoms with Gasteiger partial charge < -0.3 is 9.47 Å². The third kappa shape index (κ3) is 6.69.